The largest absolute Gasteiger partial charge is 0.395 e. The van der Waals surface area contributed by atoms with E-state index >= 15 is 0 Å². The van der Waals surface area contributed by atoms with E-state index in [9.17, 15) is 17.6 Å². The highest BCUT2D eigenvalue weighted by atomic mass is 32.2. The minimum Gasteiger partial charge on any atom is -0.395 e. The Morgan fingerprint density at radius 1 is 1.14 bits per heavy atom. The van der Waals surface area contributed by atoms with Crippen molar-refractivity contribution >= 4 is 27.3 Å². The maximum Gasteiger partial charge on any atom is 0.264 e. The molecule has 0 radical (unpaired) electrons. The number of halogens is 1. The van der Waals surface area contributed by atoms with E-state index in [4.69, 9.17) is 11.5 Å². The summed E-state index contributed by atoms with van der Waals surface area (Å²) in [4.78, 5) is 10.7. The summed E-state index contributed by atoms with van der Waals surface area (Å²) in [6.45, 7) is 0. The molecule has 2 aromatic carbocycles. The molecule has 0 aliphatic heterocycles. The highest BCUT2D eigenvalue weighted by molar-refractivity contribution is 7.92. The number of para-hydroxylation sites is 1. The fourth-order valence-corrected chi connectivity index (χ4v) is 2.89. The van der Waals surface area contributed by atoms with Crippen LogP contribution >= 0.6 is 0 Å². The zero-order valence-corrected chi connectivity index (χ0v) is 11.5. The first-order valence-corrected chi connectivity index (χ1v) is 7.26. The van der Waals surface area contributed by atoms with Crippen molar-refractivity contribution in [2.45, 2.75) is 4.90 Å². The monoisotopic (exact) mass is 309 g/mol. The van der Waals surface area contributed by atoms with Gasteiger partial charge in [-0.15, -0.1) is 0 Å². The summed E-state index contributed by atoms with van der Waals surface area (Å²) >= 11 is 0. The lowest BCUT2D eigenvalue weighted by Crippen LogP contribution is -2.16. The van der Waals surface area contributed by atoms with E-state index in [1.54, 1.807) is 0 Å². The van der Waals surface area contributed by atoms with Gasteiger partial charge in [0.15, 0.2) is 0 Å². The molecule has 0 aliphatic carbocycles. The van der Waals surface area contributed by atoms with Crippen LogP contribution in [0.4, 0.5) is 15.8 Å². The van der Waals surface area contributed by atoms with E-state index in [-0.39, 0.29) is 16.1 Å². The van der Waals surface area contributed by atoms with Crippen LogP contribution in [0.1, 0.15) is 10.4 Å². The number of nitrogens with one attached hydrogen (secondary N) is 1. The lowest BCUT2D eigenvalue weighted by atomic mass is 10.2. The molecule has 0 atom stereocenters. The topological polar surface area (TPSA) is 115 Å². The van der Waals surface area contributed by atoms with Gasteiger partial charge in [-0.2, -0.15) is 0 Å². The summed E-state index contributed by atoms with van der Waals surface area (Å²) in [6.07, 6.45) is 0. The van der Waals surface area contributed by atoms with Crippen molar-refractivity contribution in [3.8, 4) is 0 Å². The van der Waals surface area contributed by atoms with Crippen LogP contribution in [0.15, 0.2) is 47.4 Å². The Bertz CT molecular complexity index is 806. The van der Waals surface area contributed by atoms with Gasteiger partial charge >= 0.3 is 0 Å². The van der Waals surface area contributed by atoms with Gasteiger partial charge < -0.3 is 11.5 Å². The molecule has 0 bridgehead atoms. The number of hydrogen-bond acceptors (Lipinski definition) is 4. The zero-order chi connectivity index (χ0) is 15.6. The van der Waals surface area contributed by atoms with E-state index in [0.29, 0.717) is 0 Å². The van der Waals surface area contributed by atoms with Crippen LogP contribution in [0.25, 0.3) is 0 Å². The second-order valence-corrected chi connectivity index (χ2v) is 5.85. The van der Waals surface area contributed by atoms with Gasteiger partial charge in [-0.25, -0.2) is 12.8 Å². The molecule has 0 aromatic heterocycles. The number of benzene rings is 2. The Labute approximate surface area is 120 Å². The summed E-state index contributed by atoms with van der Waals surface area (Å²) < 4.78 is 39.9. The molecule has 8 heteroatoms. The van der Waals surface area contributed by atoms with E-state index in [0.717, 1.165) is 6.07 Å². The maximum atomic E-state index is 13.3. The number of nitrogen functional groups attached to an aromatic ring is 1. The third-order valence-electron chi connectivity index (χ3n) is 2.70. The van der Waals surface area contributed by atoms with Crippen molar-refractivity contribution < 1.29 is 17.6 Å². The number of rotatable bonds is 4. The van der Waals surface area contributed by atoms with Crippen molar-refractivity contribution in [1.29, 1.82) is 0 Å². The van der Waals surface area contributed by atoms with E-state index in [2.05, 4.69) is 4.72 Å². The number of hydrogen-bond donors (Lipinski definition) is 3. The number of nitrogens with two attached hydrogens (primary N) is 2. The lowest BCUT2D eigenvalue weighted by Gasteiger charge is -2.11. The number of amides is 1. The molecule has 21 heavy (non-hydrogen) atoms. The lowest BCUT2D eigenvalue weighted by molar-refractivity contribution is 0.100. The molecule has 0 saturated heterocycles. The zero-order valence-electron chi connectivity index (χ0n) is 10.7. The van der Waals surface area contributed by atoms with Gasteiger partial charge in [-0.3, -0.25) is 9.52 Å². The van der Waals surface area contributed by atoms with Gasteiger partial charge in [-0.1, -0.05) is 12.1 Å². The number of carbonyl (C=O) groups excluding carboxylic acids is 1. The molecule has 0 heterocycles. The highest BCUT2D eigenvalue weighted by Gasteiger charge is 2.19. The summed E-state index contributed by atoms with van der Waals surface area (Å²) in [7, 11) is -4.08. The van der Waals surface area contributed by atoms with Gasteiger partial charge in [0.1, 0.15) is 10.7 Å². The Morgan fingerprint density at radius 2 is 1.81 bits per heavy atom. The maximum absolute atomic E-state index is 13.3. The number of anilines is 2. The molecule has 6 nitrogen and oxygen atoms in total. The molecule has 1 amide bonds. The Balaban J connectivity index is 2.40. The Morgan fingerprint density at radius 3 is 2.48 bits per heavy atom. The molecule has 110 valence electrons. The van der Waals surface area contributed by atoms with Crippen LogP contribution in [-0.4, -0.2) is 14.3 Å². The minimum absolute atomic E-state index is 0.120. The Hall–Kier alpha value is -2.61. The van der Waals surface area contributed by atoms with Crippen LogP contribution in [0.2, 0.25) is 0 Å². The van der Waals surface area contributed by atoms with Crippen molar-refractivity contribution in [3.63, 3.8) is 0 Å². The second kappa shape index (κ2) is 5.41. The van der Waals surface area contributed by atoms with Crippen molar-refractivity contribution in [2.24, 2.45) is 5.73 Å². The molecule has 0 aliphatic rings. The van der Waals surface area contributed by atoms with Crippen molar-refractivity contribution in [1.82, 2.24) is 0 Å². The normalized spacial score (nSPS) is 11.1. The minimum atomic E-state index is -4.08. The van der Waals surface area contributed by atoms with Crippen molar-refractivity contribution in [2.75, 3.05) is 10.5 Å². The molecule has 2 aromatic rings. The molecule has 0 fully saturated rings. The van der Waals surface area contributed by atoms with Gasteiger partial charge in [0.25, 0.3) is 10.0 Å². The average molecular weight is 309 g/mol. The summed E-state index contributed by atoms with van der Waals surface area (Å²) in [5.41, 5.74) is 10.3. The van der Waals surface area contributed by atoms with Crippen molar-refractivity contribution in [3.05, 3.63) is 53.8 Å². The van der Waals surface area contributed by atoms with Crippen LogP contribution in [0, 0.1) is 5.82 Å². The van der Waals surface area contributed by atoms with Crippen LogP contribution < -0.4 is 16.2 Å². The summed E-state index contributed by atoms with van der Waals surface area (Å²) in [5, 5.41) is 0. The van der Waals surface area contributed by atoms with Gasteiger partial charge in [0.05, 0.1) is 5.69 Å². The van der Waals surface area contributed by atoms with Crippen LogP contribution in [0.5, 0.6) is 0 Å². The van der Waals surface area contributed by atoms with Crippen LogP contribution in [0.3, 0.4) is 0 Å². The van der Waals surface area contributed by atoms with E-state index in [1.165, 1.54) is 36.4 Å². The predicted octanol–water partition coefficient (Wildman–Crippen LogP) is 1.31. The molecule has 0 spiro atoms. The van der Waals surface area contributed by atoms with Gasteiger partial charge in [0.2, 0.25) is 5.91 Å². The third kappa shape index (κ3) is 3.11. The Kier molecular flexibility index (Phi) is 3.81. The first-order chi connectivity index (χ1) is 9.81. The molecule has 0 saturated carbocycles. The summed E-state index contributed by atoms with van der Waals surface area (Å²) in [5.74, 6) is -1.52. The third-order valence-corrected chi connectivity index (χ3v) is 4.14. The van der Waals surface area contributed by atoms with Gasteiger partial charge in [0, 0.05) is 11.3 Å². The fraction of sp³-hybridized carbons (Fsp3) is 0. The predicted molar refractivity (Wildman–Crippen MR) is 76.6 cm³/mol. The quantitative estimate of drug-likeness (QED) is 0.738. The number of primary amides is 1. The summed E-state index contributed by atoms with van der Waals surface area (Å²) in [6, 6.07) is 9.08. The van der Waals surface area contributed by atoms with Gasteiger partial charge in [-0.05, 0) is 30.3 Å². The first-order valence-electron chi connectivity index (χ1n) is 5.78. The SMILES string of the molecule is NC(=O)c1cccc(NS(=O)(=O)c2cccc(F)c2N)c1. The highest BCUT2D eigenvalue weighted by Crippen LogP contribution is 2.24. The standard InChI is InChI=1S/C13H12FN3O3S/c14-10-5-2-6-11(12(10)15)21(19,20)17-9-4-1-3-8(7-9)13(16)18/h1-7,17H,15H2,(H2,16,18). The smallest absolute Gasteiger partial charge is 0.264 e. The molecular formula is C13H12FN3O3S. The molecule has 2 rings (SSSR count). The van der Waals surface area contributed by atoms with Crippen LogP contribution in [-0.2, 0) is 10.0 Å². The first kappa shape index (κ1) is 14.8. The van der Waals surface area contributed by atoms with E-state index < -0.39 is 27.4 Å². The average Bonchev–Trinajstić information content (AvgIpc) is 2.41. The number of sulfonamides is 1. The number of carbonyl (C=O) groups is 1. The molecular weight excluding hydrogens is 297 g/mol. The van der Waals surface area contributed by atoms with E-state index in [1.807, 2.05) is 0 Å². The second-order valence-electron chi connectivity index (χ2n) is 4.20. The fourth-order valence-electron chi connectivity index (χ4n) is 1.70. The molecule has 5 N–H and O–H groups in total. The molecule has 0 unspecified atom stereocenters.